The zero-order chi connectivity index (χ0) is 15.6. The van der Waals surface area contributed by atoms with Gasteiger partial charge in [-0.3, -0.25) is 0 Å². The van der Waals surface area contributed by atoms with E-state index in [-0.39, 0.29) is 5.41 Å². The number of anilines is 3. The van der Waals surface area contributed by atoms with Crippen LogP contribution in [0.25, 0.3) is 0 Å². The Labute approximate surface area is 133 Å². The molecule has 0 fully saturated rings. The van der Waals surface area contributed by atoms with Crippen LogP contribution in [0, 0.1) is 6.92 Å². The molecule has 0 amide bonds. The highest BCUT2D eigenvalue weighted by molar-refractivity contribution is 9.10. The summed E-state index contributed by atoms with van der Waals surface area (Å²) in [5.41, 5.74) is 4.54. The van der Waals surface area contributed by atoms with Gasteiger partial charge in [0, 0.05) is 16.0 Å². The van der Waals surface area contributed by atoms with E-state index in [2.05, 4.69) is 57.4 Å². The third kappa shape index (κ3) is 3.71. The van der Waals surface area contributed by atoms with Crippen molar-refractivity contribution in [3.8, 4) is 0 Å². The molecule has 0 saturated carbocycles. The van der Waals surface area contributed by atoms with Gasteiger partial charge in [0.1, 0.15) is 17.5 Å². The smallest absolute Gasteiger partial charge is 0.145 e. The molecule has 0 saturated heterocycles. The van der Waals surface area contributed by atoms with Gasteiger partial charge < -0.3 is 10.7 Å². The van der Waals surface area contributed by atoms with Gasteiger partial charge in [0.2, 0.25) is 0 Å². The van der Waals surface area contributed by atoms with Gasteiger partial charge in [0.25, 0.3) is 0 Å². The molecule has 0 spiro atoms. The predicted octanol–water partition coefficient (Wildman–Crippen LogP) is 3.87. The molecule has 2 aromatic rings. The van der Waals surface area contributed by atoms with Gasteiger partial charge in [0.05, 0.1) is 5.69 Å². The van der Waals surface area contributed by atoms with Gasteiger partial charge in [-0.15, -0.1) is 0 Å². The van der Waals surface area contributed by atoms with Crippen LogP contribution in [0.3, 0.4) is 0 Å². The summed E-state index contributed by atoms with van der Waals surface area (Å²) in [4.78, 5) is 8.99. The Hall–Kier alpha value is -1.66. The molecule has 112 valence electrons. The summed E-state index contributed by atoms with van der Waals surface area (Å²) >= 11 is 3.59. The molecule has 0 aliphatic rings. The van der Waals surface area contributed by atoms with Crippen LogP contribution in [-0.4, -0.2) is 9.97 Å². The Morgan fingerprint density at radius 2 is 1.81 bits per heavy atom. The second-order valence-electron chi connectivity index (χ2n) is 5.92. The van der Waals surface area contributed by atoms with E-state index in [1.165, 1.54) is 0 Å². The molecule has 5 nitrogen and oxygen atoms in total. The van der Waals surface area contributed by atoms with Crippen LogP contribution in [0.4, 0.5) is 17.3 Å². The number of halogens is 1. The van der Waals surface area contributed by atoms with Gasteiger partial charge in [-0.1, -0.05) is 32.9 Å². The van der Waals surface area contributed by atoms with Gasteiger partial charge in [-0.05, 0) is 34.5 Å². The lowest BCUT2D eigenvalue weighted by Gasteiger charge is -2.19. The fraction of sp³-hybridized carbons (Fsp3) is 0.333. The third-order valence-corrected chi connectivity index (χ3v) is 4.05. The number of hydrazine groups is 1. The Kier molecular flexibility index (Phi) is 4.49. The van der Waals surface area contributed by atoms with Crippen LogP contribution in [0.15, 0.2) is 28.7 Å². The molecule has 2 rings (SSSR count). The number of aromatic nitrogens is 2. The Morgan fingerprint density at radius 3 is 2.43 bits per heavy atom. The van der Waals surface area contributed by atoms with E-state index in [9.17, 15) is 0 Å². The molecule has 1 aromatic heterocycles. The third-order valence-electron chi connectivity index (χ3n) is 3.00. The second kappa shape index (κ2) is 5.99. The number of hydrogen-bond acceptors (Lipinski definition) is 5. The summed E-state index contributed by atoms with van der Waals surface area (Å²) in [6, 6.07) is 7.81. The highest BCUT2D eigenvalue weighted by atomic mass is 79.9. The maximum atomic E-state index is 5.50. The van der Waals surface area contributed by atoms with Gasteiger partial charge in [0.15, 0.2) is 0 Å². The predicted molar refractivity (Wildman–Crippen MR) is 90.7 cm³/mol. The topological polar surface area (TPSA) is 75.9 Å². The minimum absolute atomic E-state index is 0.160. The molecule has 1 aromatic carbocycles. The molecule has 1 heterocycles. The lowest BCUT2D eigenvalue weighted by Crippen LogP contribution is -2.19. The molecule has 0 unspecified atom stereocenters. The lowest BCUT2D eigenvalue weighted by atomic mass is 9.96. The van der Waals surface area contributed by atoms with Crippen LogP contribution in [0.2, 0.25) is 0 Å². The van der Waals surface area contributed by atoms with Crippen molar-refractivity contribution in [3.63, 3.8) is 0 Å². The van der Waals surface area contributed by atoms with Crippen molar-refractivity contribution >= 4 is 33.3 Å². The normalized spacial score (nSPS) is 11.3. The molecule has 0 radical (unpaired) electrons. The number of hydrogen-bond donors (Lipinski definition) is 3. The largest absolute Gasteiger partial charge is 0.339 e. The molecule has 0 aliphatic heterocycles. The number of nitrogens with zero attached hydrogens (tertiary/aromatic N) is 2. The quantitative estimate of drug-likeness (QED) is 0.579. The van der Waals surface area contributed by atoms with Gasteiger partial charge >= 0.3 is 0 Å². The molecular weight excluding hydrogens is 330 g/mol. The first kappa shape index (κ1) is 15.7. The summed E-state index contributed by atoms with van der Waals surface area (Å²) in [6.07, 6.45) is 0. The van der Waals surface area contributed by atoms with E-state index in [0.717, 1.165) is 21.5 Å². The fourth-order valence-corrected chi connectivity index (χ4v) is 2.17. The van der Waals surface area contributed by atoms with Crippen LogP contribution in [-0.2, 0) is 5.41 Å². The Balaban J connectivity index is 2.42. The fourth-order valence-electron chi connectivity index (χ4n) is 1.80. The first-order valence-corrected chi connectivity index (χ1v) is 7.49. The maximum absolute atomic E-state index is 5.50. The van der Waals surface area contributed by atoms with Crippen molar-refractivity contribution in [2.75, 3.05) is 10.7 Å². The molecule has 0 aliphatic carbocycles. The second-order valence-corrected chi connectivity index (χ2v) is 6.71. The summed E-state index contributed by atoms with van der Waals surface area (Å²) in [7, 11) is 0. The zero-order valence-corrected chi connectivity index (χ0v) is 14.2. The number of nitrogen functional groups attached to an aromatic ring is 1. The number of nitrogens with one attached hydrogen (secondary N) is 2. The summed E-state index contributed by atoms with van der Waals surface area (Å²) < 4.78 is 1.02. The SMILES string of the molecule is Cc1cccc(Nc2cc(NN)nc(C(C)(C)C)n2)c1Br. The lowest BCUT2D eigenvalue weighted by molar-refractivity contribution is 0.547. The first-order chi connectivity index (χ1) is 9.81. The van der Waals surface area contributed by atoms with E-state index in [0.29, 0.717) is 11.6 Å². The van der Waals surface area contributed by atoms with Crippen molar-refractivity contribution in [2.45, 2.75) is 33.1 Å². The molecule has 21 heavy (non-hydrogen) atoms. The van der Waals surface area contributed by atoms with Crippen molar-refractivity contribution < 1.29 is 0 Å². The van der Waals surface area contributed by atoms with Crippen molar-refractivity contribution in [2.24, 2.45) is 5.84 Å². The maximum Gasteiger partial charge on any atom is 0.145 e. The number of rotatable bonds is 3. The van der Waals surface area contributed by atoms with Crippen LogP contribution < -0.4 is 16.6 Å². The monoisotopic (exact) mass is 349 g/mol. The van der Waals surface area contributed by atoms with Crippen LogP contribution in [0.5, 0.6) is 0 Å². The van der Waals surface area contributed by atoms with Gasteiger partial charge in [-0.2, -0.15) is 0 Å². The van der Waals surface area contributed by atoms with E-state index in [1.54, 1.807) is 6.07 Å². The summed E-state index contributed by atoms with van der Waals surface area (Å²) in [5, 5.41) is 3.31. The standard InChI is InChI=1S/C15H20BrN5/c1-9-6-5-7-10(13(9)16)18-11-8-12(21-17)20-14(19-11)15(2,3)4/h5-8H,17H2,1-4H3,(H2,18,19,20,21). The molecule has 0 atom stereocenters. The first-order valence-electron chi connectivity index (χ1n) is 6.69. The number of aryl methyl sites for hydroxylation is 1. The number of benzene rings is 1. The van der Waals surface area contributed by atoms with Crippen LogP contribution >= 0.6 is 15.9 Å². The van der Waals surface area contributed by atoms with Crippen molar-refractivity contribution in [1.82, 2.24) is 9.97 Å². The summed E-state index contributed by atoms with van der Waals surface area (Å²) in [5.74, 6) is 7.51. The van der Waals surface area contributed by atoms with Crippen molar-refractivity contribution in [3.05, 3.63) is 40.1 Å². The zero-order valence-electron chi connectivity index (χ0n) is 12.7. The highest BCUT2D eigenvalue weighted by Gasteiger charge is 2.19. The van der Waals surface area contributed by atoms with E-state index in [4.69, 9.17) is 5.84 Å². The van der Waals surface area contributed by atoms with E-state index < -0.39 is 0 Å². The minimum atomic E-state index is -0.160. The van der Waals surface area contributed by atoms with E-state index in [1.807, 2.05) is 25.1 Å². The molecule has 6 heteroatoms. The average Bonchev–Trinajstić information content (AvgIpc) is 2.42. The van der Waals surface area contributed by atoms with Gasteiger partial charge in [-0.25, -0.2) is 15.8 Å². The average molecular weight is 350 g/mol. The molecule has 4 N–H and O–H groups in total. The highest BCUT2D eigenvalue weighted by Crippen LogP contribution is 2.29. The molecule has 0 bridgehead atoms. The Bertz CT molecular complexity index is 649. The summed E-state index contributed by atoms with van der Waals surface area (Å²) in [6.45, 7) is 8.24. The van der Waals surface area contributed by atoms with E-state index >= 15 is 0 Å². The van der Waals surface area contributed by atoms with Crippen LogP contribution in [0.1, 0.15) is 32.2 Å². The molecular formula is C15H20BrN5. The van der Waals surface area contributed by atoms with Crippen molar-refractivity contribution in [1.29, 1.82) is 0 Å². The Morgan fingerprint density at radius 1 is 1.14 bits per heavy atom. The minimum Gasteiger partial charge on any atom is -0.339 e. The number of nitrogens with two attached hydrogens (primary N) is 1.